The van der Waals surface area contributed by atoms with E-state index in [2.05, 4.69) is 15.4 Å². The van der Waals surface area contributed by atoms with E-state index in [1.807, 2.05) is 0 Å². The van der Waals surface area contributed by atoms with Crippen molar-refractivity contribution < 1.29 is 9.72 Å². The molecule has 30 heavy (non-hydrogen) atoms. The van der Waals surface area contributed by atoms with Crippen LogP contribution in [0, 0.1) is 10.1 Å². The third-order valence-electron chi connectivity index (χ3n) is 4.72. The maximum atomic E-state index is 12.2. The van der Waals surface area contributed by atoms with Gasteiger partial charge in [-0.25, -0.2) is 4.68 Å². The minimum absolute atomic E-state index is 0.0654. The molecule has 1 unspecified atom stereocenters. The van der Waals surface area contributed by atoms with E-state index < -0.39 is 16.9 Å². The highest BCUT2D eigenvalue weighted by Gasteiger charge is 2.33. The quantitative estimate of drug-likeness (QED) is 0.463. The van der Waals surface area contributed by atoms with E-state index in [0.29, 0.717) is 38.6 Å². The van der Waals surface area contributed by atoms with Crippen molar-refractivity contribution >= 4 is 40.7 Å². The van der Waals surface area contributed by atoms with E-state index in [1.165, 1.54) is 16.8 Å². The lowest BCUT2D eigenvalue weighted by molar-refractivity contribution is -0.384. The van der Waals surface area contributed by atoms with Gasteiger partial charge in [-0.2, -0.15) is 4.98 Å². The number of allylic oxidation sites excluding steroid dienone is 1. The number of hydrogen-bond acceptors (Lipinski definition) is 6. The average molecular weight is 445 g/mol. The van der Waals surface area contributed by atoms with Gasteiger partial charge in [0.25, 0.3) is 5.69 Å². The fraction of sp³-hybridized carbons (Fsp3) is 0.105. The van der Waals surface area contributed by atoms with Crippen molar-refractivity contribution in [3.8, 4) is 11.4 Å². The molecule has 0 fully saturated rings. The van der Waals surface area contributed by atoms with E-state index >= 15 is 0 Å². The van der Waals surface area contributed by atoms with Gasteiger partial charge in [0.2, 0.25) is 11.9 Å². The SMILES string of the molecule is CC1=C(C(N)=O)C(c2ccc([N+](=O)[O-])cc2)n2nc(-c3ccc(Cl)c(Cl)c3)nc2N1. The van der Waals surface area contributed by atoms with Crippen LogP contribution in [-0.2, 0) is 4.79 Å². The summed E-state index contributed by atoms with van der Waals surface area (Å²) in [6.07, 6.45) is 0. The van der Waals surface area contributed by atoms with Crippen LogP contribution in [0.25, 0.3) is 11.4 Å². The zero-order chi connectivity index (χ0) is 21.6. The highest BCUT2D eigenvalue weighted by atomic mass is 35.5. The molecule has 1 aromatic heterocycles. The molecular formula is C19H14Cl2N6O3. The Morgan fingerprint density at radius 1 is 1.20 bits per heavy atom. The van der Waals surface area contributed by atoms with Crippen LogP contribution in [-0.4, -0.2) is 25.6 Å². The van der Waals surface area contributed by atoms with Crippen LogP contribution in [0.2, 0.25) is 10.0 Å². The molecule has 0 saturated heterocycles. The molecule has 0 aliphatic carbocycles. The Bertz CT molecular complexity index is 1220. The van der Waals surface area contributed by atoms with Gasteiger partial charge in [-0.15, -0.1) is 5.10 Å². The van der Waals surface area contributed by atoms with Crippen molar-refractivity contribution in [2.45, 2.75) is 13.0 Å². The van der Waals surface area contributed by atoms with Crippen LogP contribution in [0.1, 0.15) is 18.5 Å². The average Bonchev–Trinajstić information content (AvgIpc) is 3.12. The van der Waals surface area contributed by atoms with E-state index in [-0.39, 0.29) is 11.3 Å². The van der Waals surface area contributed by atoms with Crippen molar-refractivity contribution in [2.75, 3.05) is 5.32 Å². The van der Waals surface area contributed by atoms with Crippen molar-refractivity contribution in [3.63, 3.8) is 0 Å². The third kappa shape index (κ3) is 3.38. The molecule has 0 saturated carbocycles. The summed E-state index contributed by atoms with van der Waals surface area (Å²) < 4.78 is 1.52. The number of benzene rings is 2. The normalized spacial score (nSPS) is 15.5. The number of aromatic nitrogens is 3. The molecule has 0 radical (unpaired) electrons. The smallest absolute Gasteiger partial charge is 0.269 e. The fourth-order valence-corrected chi connectivity index (χ4v) is 3.61. The van der Waals surface area contributed by atoms with Gasteiger partial charge < -0.3 is 11.1 Å². The number of carbonyl (C=O) groups is 1. The Morgan fingerprint density at radius 3 is 2.50 bits per heavy atom. The van der Waals surface area contributed by atoms with Crippen molar-refractivity contribution in [2.24, 2.45) is 5.73 Å². The number of nitro groups is 1. The van der Waals surface area contributed by atoms with Gasteiger partial charge in [-0.3, -0.25) is 14.9 Å². The largest absolute Gasteiger partial charge is 0.366 e. The number of nitro benzene ring substituents is 1. The Balaban J connectivity index is 1.85. The van der Waals surface area contributed by atoms with Crippen LogP contribution in [0.3, 0.4) is 0 Å². The highest BCUT2D eigenvalue weighted by Crippen LogP contribution is 2.37. The van der Waals surface area contributed by atoms with Crippen LogP contribution < -0.4 is 11.1 Å². The van der Waals surface area contributed by atoms with Crippen molar-refractivity contribution in [3.05, 3.63) is 79.5 Å². The Kier molecular flexibility index (Phi) is 4.92. The van der Waals surface area contributed by atoms with Crippen LogP contribution >= 0.6 is 23.2 Å². The molecule has 152 valence electrons. The summed E-state index contributed by atoms with van der Waals surface area (Å²) in [5.41, 5.74) is 7.60. The Labute approximate surface area is 180 Å². The second kappa shape index (κ2) is 7.43. The first-order valence-corrected chi connectivity index (χ1v) is 9.45. The molecule has 1 aliphatic rings. The number of nitrogens with zero attached hydrogens (tertiary/aromatic N) is 4. The van der Waals surface area contributed by atoms with Gasteiger partial charge in [0.1, 0.15) is 6.04 Å². The van der Waals surface area contributed by atoms with Crippen LogP contribution in [0.4, 0.5) is 11.6 Å². The first-order chi connectivity index (χ1) is 14.3. The third-order valence-corrected chi connectivity index (χ3v) is 5.45. The lowest BCUT2D eigenvalue weighted by Gasteiger charge is -2.27. The van der Waals surface area contributed by atoms with E-state index in [0.717, 1.165) is 0 Å². The van der Waals surface area contributed by atoms with Crippen molar-refractivity contribution in [1.82, 2.24) is 14.8 Å². The van der Waals surface area contributed by atoms with Gasteiger partial charge in [0, 0.05) is 23.4 Å². The van der Waals surface area contributed by atoms with Gasteiger partial charge in [0.15, 0.2) is 5.82 Å². The minimum Gasteiger partial charge on any atom is -0.366 e. The molecule has 9 nitrogen and oxygen atoms in total. The predicted octanol–water partition coefficient (Wildman–Crippen LogP) is 3.93. The van der Waals surface area contributed by atoms with E-state index in [1.54, 1.807) is 37.3 Å². The molecule has 1 aliphatic heterocycles. The topological polar surface area (TPSA) is 129 Å². The summed E-state index contributed by atoms with van der Waals surface area (Å²) in [4.78, 5) is 27.2. The number of anilines is 1. The second-order valence-corrected chi connectivity index (χ2v) is 7.43. The molecule has 3 aromatic rings. The summed E-state index contributed by atoms with van der Waals surface area (Å²) in [7, 11) is 0. The Morgan fingerprint density at radius 2 is 1.90 bits per heavy atom. The number of nitrogens with one attached hydrogen (secondary N) is 1. The first kappa shape index (κ1) is 19.9. The number of nitrogens with two attached hydrogens (primary N) is 1. The summed E-state index contributed by atoms with van der Waals surface area (Å²) in [6.45, 7) is 1.70. The molecule has 2 heterocycles. The summed E-state index contributed by atoms with van der Waals surface area (Å²) in [6, 6.07) is 10.2. The molecule has 11 heteroatoms. The Hall–Kier alpha value is -3.43. The summed E-state index contributed by atoms with van der Waals surface area (Å²) >= 11 is 12.1. The molecule has 0 bridgehead atoms. The number of rotatable bonds is 4. The molecule has 1 amide bonds. The zero-order valence-electron chi connectivity index (χ0n) is 15.5. The highest BCUT2D eigenvalue weighted by molar-refractivity contribution is 6.42. The number of non-ortho nitro benzene ring substituents is 1. The fourth-order valence-electron chi connectivity index (χ4n) is 3.31. The van der Waals surface area contributed by atoms with E-state index in [9.17, 15) is 14.9 Å². The van der Waals surface area contributed by atoms with Gasteiger partial charge in [-0.05, 0) is 42.8 Å². The van der Waals surface area contributed by atoms with Crippen molar-refractivity contribution in [1.29, 1.82) is 0 Å². The molecule has 4 rings (SSSR count). The van der Waals surface area contributed by atoms with Crippen LogP contribution in [0.15, 0.2) is 53.7 Å². The standard InChI is InChI=1S/C19H14Cl2N6O3/c1-9-15(17(22)28)16(10-2-5-12(6-3-10)27(29)30)26-19(23-9)24-18(25-26)11-4-7-13(20)14(21)8-11/h2-8,16H,1H3,(H2,22,28)(H,23,24,25). The van der Waals surface area contributed by atoms with Gasteiger partial charge >= 0.3 is 0 Å². The molecular weight excluding hydrogens is 431 g/mol. The minimum atomic E-state index is -0.705. The zero-order valence-corrected chi connectivity index (χ0v) is 17.0. The number of fused-ring (bicyclic) bond motifs is 1. The number of carbonyl (C=O) groups excluding carboxylic acids is 1. The lowest BCUT2D eigenvalue weighted by atomic mass is 9.95. The van der Waals surface area contributed by atoms with Gasteiger partial charge in [0.05, 0.1) is 20.5 Å². The maximum absolute atomic E-state index is 12.2. The number of amides is 1. The number of halogens is 2. The summed E-state index contributed by atoms with van der Waals surface area (Å²) in [5.74, 6) is 0.115. The first-order valence-electron chi connectivity index (χ1n) is 8.70. The lowest BCUT2D eigenvalue weighted by Crippen LogP contribution is -2.31. The maximum Gasteiger partial charge on any atom is 0.269 e. The monoisotopic (exact) mass is 444 g/mol. The van der Waals surface area contributed by atoms with Crippen LogP contribution in [0.5, 0.6) is 0 Å². The number of primary amides is 1. The second-order valence-electron chi connectivity index (χ2n) is 6.61. The number of hydrogen-bond donors (Lipinski definition) is 2. The molecule has 1 atom stereocenters. The molecule has 3 N–H and O–H groups in total. The predicted molar refractivity (Wildman–Crippen MR) is 112 cm³/mol. The molecule has 0 spiro atoms. The summed E-state index contributed by atoms with van der Waals surface area (Å²) in [5, 5.41) is 19.3. The van der Waals surface area contributed by atoms with Gasteiger partial charge in [-0.1, -0.05) is 23.2 Å². The molecule has 2 aromatic carbocycles. The van der Waals surface area contributed by atoms with E-state index in [4.69, 9.17) is 28.9 Å².